The highest BCUT2D eigenvalue weighted by Crippen LogP contribution is 2.29. The van der Waals surface area contributed by atoms with Gasteiger partial charge in [0.05, 0.1) is 16.6 Å². The summed E-state index contributed by atoms with van der Waals surface area (Å²) in [5.74, 6) is -0.0290. The minimum absolute atomic E-state index is 0.0290. The molecule has 0 aliphatic carbocycles. The number of aryl methyl sites for hydroxylation is 1. The smallest absolute Gasteiger partial charge is 0.192 e. The molecule has 0 saturated heterocycles. The Bertz CT molecular complexity index is 553. The van der Waals surface area contributed by atoms with E-state index in [1.54, 1.807) is 7.05 Å². The third-order valence-corrected chi connectivity index (χ3v) is 3.45. The SMILES string of the molecule is Cn1ncc(Cl)c1C(=O)C(C)(C)c1ccccc1. The number of Topliss-reactive ketones (excluding diaryl/α,β-unsaturated/α-hetero) is 1. The van der Waals surface area contributed by atoms with Gasteiger partial charge in [-0.3, -0.25) is 9.48 Å². The van der Waals surface area contributed by atoms with Crippen LogP contribution in [0.15, 0.2) is 36.5 Å². The van der Waals surface area contributed by atoms with Gasteiger partial charge in [-0.05, 0) is 19.4 Å². The Morgan fingerprint density at radius 1 is 1.28 bits per heavy atom. The molecule has 0 radical (unpaired) electrons. The molecule has 0 atom stereocenters. The Balaban J connectivity index is 2.46. The number of hydrogen-bond acceptors (Lipinski definition) is 2. The van der Waals surface area contributed by atoms with Crippen LogP contribution < -0.4 is 0 Å². The summed E-state index contributed by atoms with van der Waals surface area (Å²) < 4.78 is 1.52. The van der Waals surface area contributed by atoms with Gasteiger partial charge in [0.2, 0.25) is 0 Å². The number of nitrogens with zero attached hydrogens (tertiary/aromatic N) is 2. The van der Waals surface area contributed by atoms with Crippen molar-refractivity contribution in [3.05, 3.63) is 52.8 Å². The fourth-order valence-corrected chi connectivity index (χ4v) is 2.20. The summed E-state index contributed by atoms with van der Waals surface area (Å²) in [4.78, 5) is 12.6. The quantitative estimate of drug-likeness (QED) is 0.796. The van der Waals surface area contributed by atoms with Crippen molar-refractivity contribution in [2.24, 2.45) is 7.05 Å². The van der Waals surface area contributed by atoms with Crippen molar-refractivity contribution in [2.45, 2.75) is 19.3 Å². The average Bonchev–Trinajstić information content (AvgIpc) is 2.69. The highest BCUT2D eigenvalue weighted by Gasteiger charge is 2.33. The van der Waals surface area contributed by atoms with Crippen LogP contribution in [0, 0.1) is 0 Å². The van der Waals surface area contributed by atoms with Crippen molar-refractivity contribution < 1.29 is 4.79 Å². The molecular weight excluding hydrogens is 248 g/mol. The minimum atomic E-state index is -0.626. The van der Waals surface area contributed by atoms with Crippen molar-refractivity contribution in [3.63, 3.8) is 0 Å². The predicted molar refractivity (Wildman–Crippen MR) is 72.0 cm³/mol. The minimum Gasteiger partial charge on any atom is -0.291 e. The molecule has 0 saturated carbocycles. The molecule has 0 aliphatic rings. The summed E-state index contributed by atoms with van der Waals surface area (Å²) in [5.41, 5.74) is 0.788. The number of rotatable bonds is 3. The molecule has 0 fully saturated rings. The second-order valence-corrected chi connectivity index (χ2v) is 5.19. The van der Waals surface area contributed by atoms with Gasteiger partial charge < -0.3 is 0 Å². The van der Waals surface area contributed by atoms with Crippen LogP contribution in [0.5, 0.6) is 0 Å². The highest BCUT2D eigenvalue weighted by molar-refractivity contribution is 6.34. The zero-order valence-corrected chi connectivity index (χ0v) is 11.4. The van der Waals surface area contributed by atoms with Crippen LogP contribution in [0.3, 0.4) is 0 Å². The van der Waals surface area contributed by atoms with Crippen LogP contribution in [0.4, 0.5) is 0 Å². The molecule has 2 rings (SSSR count). The van der Waals surface area contributed by atoms with Gasteiger partial charge in [-0.15, -0.1) is 0 Å². The molecule has 3 nitrogen and oxygen atoms in total. The van der Waals surface area contributed by atoms with Gasteiger partial charge >= 0.3 is 0 Å². The van der Waals surface area contributed by atoms with E-state index in [0.717, 1.165) is 5.56 Å². The van der Waals surface area contributed by atoms with Crippen LogP contribution in [0.25, 0.3) is 0 Å². The molecule has 94 valence electrons. The lowest BCUT2D eigenvalue weighted by atomic mass is 9.79. The molecule has 2 aromatic rings. The zero-order chi connectivity index (χ0) is 13.3. The van der Waals surface area contributed by atoms with E-state index in [-0.39, 0.29) is 5.78 Å². The number of ketones is 1. The first-order valence-electron chi connectivity index (χ1n) is 5.72. The maximum atomic E-state index is 12.6. The number of carbonyl (C=O) groups is 1. The highest BCUT2D eigenvalue weighted by atomic mass is 35.5. The Morgan fingerprint density at radius 3 is 2.39 bits per heavy atom. The Hall–Kier alpha value is -1.61. The van der Waals surface area contributed by atoms with Crippen molar-refractivity contribution >= 4 is 17.4 Å². The first-order valence-corrected chi connectivity index (χ1v) is 6.10. The van der Waals surface area contributed by atoms with Gasteiger partial charge in [0.25, 0.3) is 0 Å². The number of benzene rings is 1. The summed E-state index contributed by atoms with van der Waals surface area (Å²) in [5, 5.41) is 4.40. The lowest BCUT2D eigenvalue weighted by molar-refractivity contribution is 0.0899. The van der Waals surface area contributed by atoms with Crippen LogP contribution in [0.2, 0.25) is 5.02 Å². The molecule has 1 aromatic carbocycles. The summed E-state index contributed by atoms with van der Waals surface area (Å²) in [6.07, 6.45) is 1.50. The largest absolute Gasteiger partial charge is 0.291 e. The molecule has 0 spiro atoms. The second kappa shape index (κ2) is 4.58. The maximum Gasteiger partial charge on any atom is 0.192 e. The molecule has 0 unspecified atom stereocenters. The lowest BCUT2D eigenvalue weighted by Gasteiger charge is -2.23. The number of aromatic nitrogens is 2. The molecule has 0 amide bonds. The van der Waals surface area contributed by atoms with E-state index in [2.05, 4.69) is 5.10 Å². The van der Waals surface area contributed by atoms with Gasteiger partial charge in [0, 0.05) is 7.05 Å². The van der Waals surface area contributed by atoms with E-state index in [1.807, 2.05) is 44.2 Å². The number of halogens is 1. The Kier molecular flexibility index (Phi) is 3.26. The Labute approximate surface area is 111 Å². The summed E-state index contributed by atoms with van der Waals surface area (Å²) in [6.45, 7) is 3.79. The van der Waals surface area contributed by atoms with E-state index in [1.165, 1.54) is 10.9 Å². The van der Waals surface area contributed by atoms with Crippen LogP contribution >= 0.6 is 11.6 Å². The molecule has 18 heavy (non-hydrogen) atoms. The summed E-state index contributed by atoms with van der Waals surface area (Å²) >= 11 is 6.03. The van der Waals surface area contributed by atoms with Gasteiger partial charge in [0.1, 0.15) is 5.69 Å². The monoisotopic (exact) mass is 262 g/mol. The standard InChI is InChI=1S/C14H15ClN2O/c1-14(2,10-7-5-4-6-8-10)13(18)12-11(15)9-16-17(12)3/h4-9H,1-3H3. The van der Waals surface area contributed by atoms with Crippen molar-refractivity contribution in [1.29, 1.82) is 0 Å². The topological polar surface area (TPSA) is 34.9 Å². The average molecular weight is 263 g/mol. The lowest BCUT2D eigenvalue weighted by Crippen LogP contribution is -2.31. The van der Waals surface area contributed by atoms with Gasteiger partial charge in [-0.25, -0.2) is 0 Å². The maximum absolute atomic E-state index is 12.6. The normalized spacial score (nSPS) is 11.6. The van der Waals surface area contributed by atoms with E-state index in [4.69, 9.17) is 11.6 Å². The van der Waals surface area contributed by atoms with Gasteiger partial charge in [-0.1, -0.05) is 41.9 Å². The third kappa shape index (κ3) is 2.06. The second-order valence-electron chi connectivity index (χ2n) is 4.78. The molecule has 1 heterocycles. The predicted octanol–water partition coefficient (Wildman–Crippen LogP) is 3.23. The van der Waals surface area contributed by atoms with Crippen LogP contribution in [-0.2, 0) is 12.5 Å². The third-order valence-electron chi connectivity index (χ3n) is 3.17. The first-order chi connectivity index (χ1) is 8.44. The molecule has 0 bridgehead atoms. The van der Waals surface area contributed by atoms with E-state index in [9.17, 15) is 4.79 Å². The molecular formula is C14H15ClN2O. The van der Waals surface area contributed by atoms with Crippen molar-refractivity contribution in [3.8, 4) is 0 Å². The molecule has 0 aliphatic heterocycles. The molecule has 1 aromatic heterocycles. The van der Waals surface area contributed by atoms with Crippen molar-refractivity contribution in [2.75, 3.05) is 0 Å². The molecule has 4 heteroatoms. The van der Waals surface area contributed by atoms with E-state index < -0.39 is 5.41 Å². The summed E-state index contributed by atoms with van der Waals surface area (Å²) in [6, 6.07) is 9.68. The fraction of sp³-hybridized carbons (Fsp3) is 0.286. The first kappa shape index (κ1) is 12.8. The van der Waals surface area contributed by atoms with Gasteiger partial charge in [0.15, 0.2) is 5.78 Å². The van der Waals surface area contributed by atoms with Gasteiger partial charge in [-0.2, -0.15) is 5.10 Å². The fourth-order valence-electron chi connectivity index (χ4n) is 1.95. The van der Waals surface area contributed by atoms with Crippen LogP contribution in [-0.4, -0.2) is 15.6 Å². The number of carbonyl (C=O) groups excluding carboxylic acids is 1. The van der Waals surface area contributed by atoms with E-state index in [0.29, 0.717) is 10.7 Å². The summed E-state index contributed by atoms with van der Waals surface area (Å²) in [7, 11) is 1.72. The number of hydrogen-bond donors (Lipinski definition) is 0. The Morgan fingerprint density at radius 2 is 1.89 bits per heavy atom. The zero-order valence-electron chi connectivity index (χ0n) is 10.6. The van der Waals surface area contributed by atoms with Crippen LogP contribution in [0.1, 0.15) is 29.9 Å². The van der Waals surface area contributed by atoms with Crippen molar-refractivity contribution in [1.82, 2.24) is 9.78 Å². The van der Waals surface area contributed by atoms with E-state index >= 15 is 0 Å². The molecule has 0 N–H and O–H groups in total.